The fourth-order valence-corrected chi connectivity index (χ4v) is 6.78. The molecule has 2 fully saturated rings. The molecule has 5 nitrogen and oxygen atoms in total. The predicted octanol–water partition coefficient (Wildman–Crippen LogP) is 4.43. The van der Waals surface area contributed by atoms with E-state index in [4.69, 9.17) is 4.74 Å². The van der Waals surface area contributed by atoms with Crippen molar-refractivity contribution in [2.45, 2.75) is 83.7 Å². The molecule has 0 aromatic heterocycles. The van der Waals surface area contributed by atoms with Crippen molar-refractivity contribution in [1.82, 2.24) is 0 Å². The number of hydrogen-bond donors (Lipinski definition) is 0. The molecule has 174 valence electrons. The van der Waals surface area contributed by atoms with Crippen molar-refractivity contribution in [2.24, 2.45) is 11.8 Å². The SMILES string of the molecule is CCC(C)S(=O)(=O)CC1CCC(C(=O)Cc2ccc(N3C[C@@H](C)O[C@@H](C)C3)cc2)CC1. The van der Waals surface area contributed by atoms with Gasteiger partial charge in [0.05, 0.1) is 23.2 Å². The molecule has 1 saturated heterocycles. The second-order valence-corrected chi connectivity index (χ2v) is 12.2. The molecule has 1 aromatic carbocycles. The molecular formula is C25H39NO4S. The van der Waals surface area contributed by atoms with Gasteiger partial charge in [-0.2, -0.15) is 0 Å². The zero-order valence-corrected chi connectivity index (χ0v) is 20.4. The molecule has 1 heterocycles. The molecule has 6 heteroatoms. The Labute approximate surface area is 188 Å². The summed E-state index contributed by atoms with van der Waals surface area (Å²) < 4.78 is 30.6. The number of Topliss-reactive ketones (excluding diaryl/α,β-unsaturated/α-hetero) is 1. The molecule has 1 aromatic rings. The number of carbonyl (C=O) groups excluding carboxylic acids is 1. The smallest absolute Gasteiger partial charge is 0.153 e. The van der Waals surface area contributed by atoms with E-state index >= 15 is 0 Å². The van der Waals surface area contributed by atoms with Crippen molar-refractivity contribution in [2.75, 3.05) is 23.7 Å². The normalized spacial score (nSPS) is 28.3. The first-order valence-electron chi connectivity index (χ1n) is 11.9. The maximum Gasteiger partial charge on any atom is 0.153 e. The molecule has 0 spiro atoms. The minimum Gasteiger partial charge on any atom is -0.372 e. The molecular weight excluding hydrogens is 410 g/mol. The monoisotopic (exact) mass is 449 g/mol. The highest BCUT2D eigenvalue weighted by Crippen LogP contribution is 2.32. The molecule has 1 unspecified atom stereocenters. The molecule has 1 aliphatic carbocycles. The summed E-state index contributed by atoms with van der Waals surface area (Å²) in [5.74, 6) is 0.858. The van der Waals surface area contributed by atoms with Crippen molar-refractivity contribution < 1.29 is 17.9 Å². The predicted molar refractivity (Wildman–Crippen MR) is 126 cm³/mol. The van der Waals surface area contributed by atoms with Crippen LogP contribution in [0.1, 0.15) is 65.4 Å². The van der Waals surface area contributed by atoms with Crippen LogP contribution in [0.15, 0.2) is 24.3 Å². The van der Waals surface area contributed by atoms with Crippen LogP contribution in [0.3, 0.4) is 0 Å². The topological polar surface area (TPSA) is 63.7 Å². The fraction of sp³-hybridized carbons (Fsp3) is 0.720. The zero-order valence-electron chi connectivity index (χ0n) is 19.5. The Morgan fingerprint density at radius 3 is 2.19 bits per heavy atom. The second-order valence-electron chi connectivity index (χ2n) is 9.74. The summed E-state index contributed by atoms with van der Waals surface area (Å²) in [6, 6.07) is 8.37. The minimum absolute atomic E-state index is 0.0724. The molecule has 1 saturated carbocycles. The molecule has 1 aliphatic heterocycles. The van der Waals surface area contributed by atoms with Crippen LogP contribution in [0.5, 0.6) is 0 Å². The van der Waals surface area contributed by atoms with Crippen molar-refractivity contribution in [3.05, 3.63) is 29.8 Å². The third-order valence-electron chi connectivity index (χ3n) is 7.06. The van der Waals surface area contributed by atoms with E-state index in [1.54, 1.807) is 6.92 Å². The number of anilines is 1. The summed E-state index contributed by atoms with van der Waals surface area (Å²) in [5, 5.41) is -0.265. The zero-order chi connectivity index (χ0) is 22.6. The number of hydrogen-bond acceptors (Lipinski definition) is 5. The average Bonchev–Trinajstić information content (AvgIpc) is 2.73. The van der Waals surface area contributed by atoms with E-state index in [0.717, 1.165) is 44.3 Å². The van der Waals surface area contributed by atoms with Crippen LogP contribution in [0.2, 0.25) is 0 Å². The summed E-state index contributed by atoms with van der Waals surface area (Å²) in [5.41, 5.74) is 2.24. The first-order valence-corrected chi connectivity index (χ1v) is 13.6. The van der Waals surface area contributed by atoms with Crippen LogP contribution in [0, 0.1) is 11.8 Å². The van der Waals surface area contributed by atoms with Gasteiger partial charge in [-0.1, -0.05) is 19.1 Å². The Morgan fingerprint density at radius 1 is 1.06 bits per heavy atom. The lowest BCUT2D eigenvalue weighted by molar-refractivity contribution is -0.123. The van der Waals surface area contributed by atoms with Crippen LogP contribution in [-0.4, -0.2) is 50.5 Å². The lowest BCUT2D eigenvalue weighted by Gasteiger charge is -2.36. The van der Waals surface area contributed by atoms with Gasteiger partial charge in [0.1, 0.15) is 5.78 Å². The van der Waals surface area contributed by atoms with E-state index in [2.05, 4.69) is 43.0 Å². The summed E-state index contributed by atoms with van der Waals surface area (Å²) in [6.07, 6.45) is 4.91. The Balaban J connectivity index is 1.49. The lowest BCUT2D eigenvalue weighted by atomic mass is 9.79. The molecule has 3 atom stereocenters. The Kier molecular flexibility index (Phi) is 8.19. The highest BCUT2D eigenvalue weighted by Gasteiger charge is 2.30. The summed E-state index contributed by atoms with van der Waals surface area (Å²) >= 11 is 0. The summed E-state index contributed by atoms with van der Waals surface area (Å²) in [4.78, 5) is 15.2. The number of nitrogens with zero attached hydrogens (tertiary/aromatic N) is 1. The number of rotatable bonds is 8. The van der Waals surface area contributed by atoms with Crippen LogP contribution in [0.4, 0.5) is 5.69 Å². The molecule has 2 aliphatic rings. The lowest BCUT2D eigenvalue weighted by Crippen LogP contribution is -2.45. The van der Waals surface area contributed by atoms with E-state index < -0.39 is 9.84 Å². The second kappa shape index (κ2) is 10.5. The van der Waals surface area contributed by atoms with Crippen LogP contribution >= 0.6 is 0 Å². The van der Waals surface area contributed by atoms with E-state index in [9.17, 15) is 13.2 Å². The number of morpholine rings is 1. The number of sulfone groups is 1. The molecule has 0 bridgehead atoms. The van der Waals surface area contributed by atoms with Gasteiger partial charge in [-0.05, 0) is 76.5 Å². The van der Waals surface area contributed by atoms with Crippen molar-refractivity contribution in [3.8, 4) is 0 Å². The van der Waals surface area contributed by atoms with Crippen LogP contribution < -0.4 is 4.90 Å². The van der Waals surface area contributed by atoms with Crippen molar-refractivity contribution >= 4 is 21.3 Å². The van der Waals surface area contributed by atoms with E-state index in [1.165, 1.54) is 5.69 Å². The first kappa shape index (κ1) is 24.2. The molecule has 31 heavy (non-hydrogen) atoms. The number of benzene rings is 1. The first-order chi connectivity index (χ1) is 14.7. The largest absolute Gasteiger partial charge is 0.372 e. The van der Waals surface area contributed by atoms with E-state index in [1.807, 2.05) is 6.92 Å². The fourth-order valence-electron chi connectivity index (χ4n) is 4.96. The van der Waals surface area contributed by atoms with Gasteiger partial charge in [-0.25, -0.2) is 8.42 Å². The third kappa shape index (κ3) is 6.55. The Morgan fingerprint density at radius 2 is 1.65 bits per heavy atom. The summed E-state index contributed by atoms with van der Waals surface area (Å²) in [6.45, 7) is 9.70. The molecule has 3 rings (SSSR count). The highest BCUT2D eigenvalue weighted by molar-refractivity contribution is 7.92. The number of carbonyl (C=O) groups is 1. The van der Waals surface area contributed by atoms with Gasteiger partial charge in [0.15, 0.2) is 9.84 Å². The molecule has 0 amide bonds. The Hall–Kier alpha value is -1.40. The quantitative estimate of drug-likeness (QED) is 0.587. The Bertz CT molecular complexity index is 818. The number of ketones is 1. The maximum atomic E-state index is 12.8. The van der Waals surface area contributed by atoms with Crippen molar-refractivity contribution in [1.29, 1.82) is 0 Å². The maximum absolute atomic E-state index is 12.8. The average molecular weight is 450 g/mol. The van der Waals surface area contributed by atoms with Gasteiger partial charge in [-0.15, -0.1) is 0 Å². The summed E-state index contributed by atoms with van der Waals surface area (Å²) in [7, 11) is -3.01. The van der Waals surface area contributed by atoms with Gasteiger partial charge in [-0.3, -0.25) is 4.79 Å². The third-order valence-corrected chi connectivity index (χ3v) is 9.55. The van der Waals surface area contributed by atoms with Gasteiger partial charge < -0.3 is 9.64 Å². The molecule has 0 N–H and O–H groups in total. The van der Waals surface area contributed by atoms with Crippen molar-refractivity contribution in [3.63, 3.8) is 0 Å². The number of ether oxygens (including phenoxy) is 1. The highest BCUT2D eigenvalue weighted by atomic mass is 32.2. The minimum atomic E-state index is -3.01. The van der Waals surface area contributed by atoms with Gasteiger partial charge in [0.2, 0.25) is 0 Å². The van der Waals surface area contributed by atoms with Crippen LogP contribution in [0.25, 0.3) is 0 Å². The van der Waals surface area contributed by atoms with E-state index in [0.29, 0.717) is 18.6 Å². The van der Waals surface area contributed by atoms with Gasteiger partial charge in [0, 0.05) is 31.1 Å². The van der Waals surface area contributed by atoms with E-state index in [-0.39, 0.29) is 35.0 Å². The standard InChI is InChI=1S/C25H39NO4S/c1-5-20(4)31(28,29)17-22-6-10-23(11-7-22)25(27)14-21-8-12-24(13-9-21)26-15-18(2)30-19(3)16-26/h8-9,12-13,18-20,22-23H,5-7,10-11,14-17H2,1-4H3/t18-,19+,20?,22?,23?. The van der Waals surface area contributed by atoms with Crippen LogP contribution in [-0.2, 0) is 25.8 Å². The van der Waals surface area contributed by atoms with Gasteiger partial charge >= 0.3 is 0 Å². The van der Waals surface area contributed by atoms with Gasteiger partial charge in [0.25, 0.3) is 0 Å². The molecule has 0 radical (unpaired) electrons.